The van der Waals surface area contributed by atoms with Gasteiger partial charge in [-0.1, -0.05) is 444 Å². The molecule has 1 amide bonds. The van der Waals surface area contributed by atoms with E-state index in [0.29, 0.717) is 25.9 Å². The van der Waals surface area contributed by atoms with Crippen molar-refractivity contribution >= 4 is 11.9 Å². The SMILES string of the molecule is CCCCCCCCCCCCCCCCCCCCC(=O)OCCCCCCCCCCCCCCCCCCCCCCCCCCCCCCCCCCCCCCCC(=O)NC(CO)C(O)CCCCCCCCCCCCCCCCC. The summed E-state index contributed by atoms with van der Waals surface area (Å²) in [6.07, 6.45) is 96.5. The van der Waals surface area contributed by atoms with Crippen LogP contribution in [0.25, 0.3) is 0 Å². The van der Waals surface area contributed by atoms with E-state index in [1.165, 1.54) is 411 Å². The van der Waals surface area contributed by atoms with E-state index >= 15 is 0 Å². The van der Waals surface area contributed by atoms with Crippen molar-refractivity contribution in [2.45, 2.75) is 495 Å². The zero-order valence-electron chi connectivity index (χ0n) is 59.8. The third-order valence-corrected chi connectivity index (χ3v) is 19.7. The molecule has 520 valence electrons. The Morgan fingerprint density at radius 2 is 0.471 bits per heavy atom. The first-order valence-corrected chi connectivity index (χ1v) is 40.8. The molecule has 0 spiro atoms. The standard InChI is InChI=1S/C81H161NO5/c1-3-5-7-9-11-13-15-17-19-20-43-47-51-55-59-63-67-71-75-81(86)87-76-72-68-64-60-56-52-48-44-41-39-37-35-33-31-29-27-25-23-21-22-24-26-28-30-32-34-36-38-40-42-46-50-54-58-62-66-70-74-80(85)82-78(77-83)79(84)73-69-65-61-57-53-49-45-18-16-14-12-10-8-6-4-2/h78-79,83-84H,3-77H2,1-2H3,(H,82,85). The van der Waals surface area contributed by atoms with Gasteiger partial charge in [-0.3, -0.25) is 9.59 Å². The topological polar surface area (TPSA) is 95.9 Å². The van der Waals surface area contributed by atoms with Gasteiger partial charge in [0.2, 0.25) is 5.91 Å². The summed E-state index contributed by atoms with van der Waals surface area (Å²) < 4.78 is 5.52. The first kappa shape index (κ1) is 85.9. The number of unbranched alkanes of at least 4 members (excludes halogenated alkanes) is 67. The first-order valence-electron chi connectivity index (χ1n) is 40.8. The van der Waals surface area contributed by atoms with E-state index in [1.54, 1.807) is 0 Å². The normalized spacial score (nSPS) is 12.4. The molecule has 0 aliphatic heterocycles. The van der Waals surface area contributed by atoms with Gasteiger partial charge >= 0.3 is 5.97 Å². The van der Waals surface area contributed by atoms with Gasteiger partial charge in [0.05, 0.1) is 25.4 Å². The maximum absolute atomic E-state index is 12.5. The third kappa shape index (κ3) is 73.8. The number of esters is 1. The Kier molecular flexibility index (Phi) is 76.3. The summed E-state index contributed by atoms with van der Waals surface area (Å²) in [5.74, 6) is 0.00441. The molecule has 2 atom stereocenters. The molecule has 0 fully saturated rings. The number of nitrogens with one attached hydrogen (secondary N) is 1. The van der Waals surface area contributed by atoms with Gasteiger partial charge in [-0.2, -0.15) is 0 Å². The Hall–Kier alpha value is -1.14. The summed E-state index contributed by atoms with van der Waals surface area (Å²) in [6, 6.07) is -0.536. The van der Waals surface area contributed by atoms with Gasteiger partial charge in [0.25, 0.3) is 0 Å². The van der Waals surface area contributed by atoms with Crippen LogP contribution in [0.15, 0.2) is 0 Å². The second kappa shape index (κ2) is 77.3. The lowest BCUT2D eigenvalue weighted by Crippen LogP contribution is -2.45. The monoisotopic (exact) mass is 1230 g/mol. The summed E-state index contributed by atoms with van der Waals surface area (Å²) in [5.41, 5.74) is 0. The Morgan fingerprint density at radius 3 is 0.701 bits per heavy atom. The number of ether oxygens (including phenoxy) is 1. The fourth-order valence-electron chi connectivity index (χ4n) is 13.5. The molecule has 0 bridgehead atoms. The summed E-state index contributed by atoms with van der Waals surface area (Å²) in [7, 11) is 0. The van der Waals surface area contributed by atoms with Crippen molar-refractivity contribution in [3.05, 3.63) is 0 Å². The molecule has 0 radical (unpaired) electrons. The van der Waals surface area contributed by atoms with Crippen LogP contribution < -0.4 is 5.32 Å². The zero-order chi connectivity index (χ0) is 62.8. The lowest BCUT2D eigenvalue weighted by Gasteiger charge is -2.22. The van der Waals surface area contributed by atoms with E-state index in [-0.39, 0.29) is 18.5 Å². The molecule has 0 aliphatic carbocycles. The fraction of sp³-hybridized carbons (Fsp3) is 0.975. The Balaban J connectivity index is 3.27. The summed E-state index contributed by atoms with van der Waals surface area (Å²) in [6.45, 7) is 5.02. The van der Waals surface area contributed by atoms with Crippen LogP contribution in [0.4, 0.5) is 0 Å². The molecule has 3 N–H and O–H groups in total. The van der Waals surface area contributed by atoms with E-state index in [0.717, 1.165) is 38.5 Å². The molecule has 0 saturated heterocycles. The van der Waals surface area contributed by atoms with E-state index in [4.69, 9.17) is 4.74 Å². The van der Waals surface area contributed by atoms with Crippen LogP contribution in [0.1, 0.15) is 483 Å². The molecule has 6 heteroatoms. The molecule has 0 aromatic rings. The number of carbonyl (C=O) groups excluding carboxylic acids is 2. The van der Waals surface area contributed by atoms with Gasteiger partial charge in [0.1, 0.15) is 0 Å². The average Bonchev–Trinajstić information content (AvgIpc) is 3.56. The van der Waals surface area contributed by atoms with Crippen LogP contribution >= 0.6 is 0 Å². The highest BCUT2D eigenvalue weighted by Crippen LogP contribution is 2.21. The third-order valence-electron chi connectivity index (χ3n) is 19.7. The van der Waals surface area contributed by atoms with E-state index in [1.807, 2.05) is 0 Å². The predicted molar refractivity (Wildman–Crippen MR) is 384 cm³/mol. The fourth-order valence-corrected chi connectivity index (χ4v) is 13.5. The molecule has 87 heavy (non-hydrogen) atoms. The minimum atomic E-state index is -0.659. The molecule has 0 aromatic heterocycles. The summed E-state index contributed by atoms with van der Waals surface area (Å²) in [4.78, 5) is 24.7. The van der Waals surface area contributed by atoms with Gasteiger partial charge in [0.15, 0.2) is 0 Å². The Labute approximate surface area is 547 Å². The average molecular weight is 1230 g/mol. The van der Waals surface area contributed by atoms with Gasteiger partial charge < -0.3 is 20.3 Å². The Bertz CT molecular complexity index is 1280. The number of rotatable bonds is 78. The van der Waals surface area contributed by atoms with Crippen LogP contribution in [0.5, 0.6) is 0 Å². The Morgan fingerprint density at radius 1 is 0.276 bits per heavy atom. The molecule has 0 saturated carbocycles. The van der Waals surface area contributed by atoms with Crippen LogP contribution in [0, 0.1) is 0 Å². The number of aliphatic hydroxyl groups excluding tert-OH is 2. The number of hydrogen-bond acceptors (Lipinski definition) is 5. The lowest BCUT2D eigenvalue weighted by atomic mass is 10.0. The molecule has 0 aromatic carbocycles. The van der Waals surface area contributed by atoms with Crippen molar-refractivity contribution in [3.63, 3.8) is 0 Å². The first-order chi connectivity index (χ1) is 43.0. The van der Waals surface area contributed by atoms with E-state index < -0.39 is 12.1 Å². The second-order valence-electron chi connectivity index (χ2n) is 28.5. The van der Waals surface area contributed by atoms with Crippen molar-refractivity contribution < 1.29 is 24.5 Å². The highest BCUT2D eigenvalue weighted by molar-refractivity contribution is 5.76. The lowest BCUT2D eigenvalue weighted by molar-refractivity contribution is -0.143. The molecule has 2 unspecified atom stereocenters. The van der Waals surface area contributed by atoms with Crippen molar-refractivity contribution in [2.75, 3.05) is 13.2 Å². The number of aliphatic hydroxyl groups is 2. The predicted octanol–water partition coefficient (Wildman–Crippen LogP) is 26.9. The van der Waals surface area contributed by atoms with Crippen LogP contribution in [-0.4, -0.2) is 47.4 Å². The van der Waals surface area contributed by atoms with Crippen LogP contribution in [0.3, 0.4) is 0 Å². The molecule has 0 heterocycles. The zero-order valence-corrected chi connectivity index (χ0v) is 59.8. The minimum absolute atomic E-state index is 0.0249. The number of carbonyl (C=O) groups is 2. The van der Waals surface area contributed by atoms with Gasteiger partial charge in [-0.25, -0.2) is 0 Å². The minimum Gasteiger partial charge on any atom is -0.466 e. The maximum atomic E-state index is 12.5. The maximum Gasteiger partial charge on any atom is 0.305 e. The molecule has 0 rings (SSSR count). The van der Waals surface area contributed by atoms with Gasteiger partial charge in [-0.15, -0.1) is 0 Å². The van der Waals surface area contributed by atoms with Crippen LogP contribution in [-0.2, 0) is 14.3 Å². The van der Waals surface area contributed by atoms with E-state index in [9.17, 15) is 19.8 Å². The summed E-state index contributed by atoms with van der Waals surface area (Å²) in [5, 5.41) is 23.4. The second-order valence-corrected chi connectivity index (χ2v) is 28.5. The van der Waals surface area contributed by atoms with Gasteiger partial charge in [-0.05, 0) is 25.7 Å². The molecular weight excluding hydrogens is 1070 g/mol. The largest absolute Gasteiger partial charge is 0.466 e. The highest BCUT2D eigenvalue weighted by Gasteiger charge is 2.20. The highest BCUT2D eigenvalue weighted by atomic mass is 16.5. The number of hydrogen-bond donors (Lipinski definition) is 3. The van der Waals surface area contributed by atoms with Crippen molar-refractivity contribution in [2.24, 2.45) is 0 Å². The molecule has 0 aliphatic rings. The smallest absolute Gasteiger partial charge is 0.305 e. The van der Waals surface area contributed by atoms with E-state index in [2.05, 4.69) is 19.2 Å². The molecular formula is C81H161NO5. The van der Waals surface area contributed by atoms with Crippen molar-refractivity contribution in [1.82, 2.24) is 5.32 Å². The van der Waals surface area contributed by atoms with Crippen LogP contribution in [0.2, 0.25) is 0 Å². The van der Waals surface area contributed by atoms with Gasteiger partial charge in [0, 0.05) is 12.8 Å². The quantitative estimate of drug-likeness (QED) is 0.0417. The summed E-state index contributed by atoms with van der Waals surface area (Å²) >= 11 is 0. The van der Waals surface area contributed by atoms with Crippen molar-refractivity contribution in [3.8, 4) is 0 Å². The van der Waals surface area contributed by atoms with Crippen molar-refractivity contribution in [1.29, 1.82) is 0 Å². The number of amides is 1. The molecule has 6 nitrogen and oxygen atoms in total.